The van der Waals surface area contributed by atoms with Crippen LogP contribution in [-0.4, -0.2) is 24.9 Å². The van der Waals surface area contributed by atoms with Gasteiger partial charge in [0, 0.05) is 24.8 Å². The molecule has 18 heavy (non-hydrogen) atoms. The number of nitrogens with one attached hydrogen (secondary N) is 1. The number of anilines is 1. The molecule has 0 spiro atoms. The molecule has 0 aliphatic heterocycles. The van der Waals surface area contributed by atoms with E-state index >= 15 is 0 Å². The Balaban J connectivity index is 3.17. The predicted molar refractivity (Wildman–Crippen MR) is 71.6 cm³/mol. The normalized spacial score (nSPS) is 11.2. The highest BCUT2D eigenvalue weighted by molar-refractivity contribution is 6.30. The first kappa shape index (κ1) is 13.9. The quantitative estimate of drug-likeness (QED) is 0.645. The second kappa shape index (κ2) is 5.94. The lowest BCUT2D eigenvalue weighted by atomic mass is 10.3. The van der Waals surface area contributed by atoms with Crippen LogP contribution in [0.4, 0.5) is 5.69 Å². The lowest BCUT2D eigenvalue weighted by molar-refractivity contribution is -0.114. The fourth-order valence-corrected chi connectivity index (χ4v) is 1.50. The minimum Gasteiger partial charge on any atom is -0.375 e. The van der Waals surface area contributed by atoms with Crippen molar-refractivity contribution in [3.63, 3.8) is 0 Å². The van der Waals surface area contributed by atoms with E-state index in [-0.39, 0.29) is 5.70 Å². The number of hydrogen-bond donors (Lipinski definition) is 2. The molecular formula is C12H13ClN4O. The van der Waals surface area contributed by atoms with E-state index in [4.69, 9.17) is 23.9 Å². The molecule has 1 amide bonds. The van der Waals surface area contributed by atoms with Crippen LogP contribution in [0.3, 0.4) is 0 Å². The zero-order valence-corrected chi connectivity index (χ0v) is 10.8. The van der Waals surface area contributed by atoms with E-state index < -0.39 is 5.91 Å². The number of hydrogen-bond acceptors (Lipinski definition) is 3. The summed E-state index contributed by atoms with van der Waals surface area (Å²) in [6.07, 6.45) is 0. The van der Waals surface area contributed by atoms with Crippen LogP contribution < -0.4 is 11.1 Å². The van der Waals surface area contributed by atoms with Crippen molar-refractivity contribution in [3.8, 4) is 0 Å². The van der Waals surface area contributed by atoms with Crippen molar-refractivity contribution < 1.29 is 4.79 Å². The number of amides is 1. The van der Waals surface area contributed by atoms with Crippen molar-refractivity contribution in [3.05, 3.63) is 52.2 Å². The monoisotopic (exact) mass is 264 g/mol. The molecule has 1 aromatic rings. The molecule has 5 nitrogen and oxygen atoms in total. The molecule has 0 bridgehead atoms. The Labute approximate surface area is 111 Å². The third kappa shape index (κ3) is 3.40. The molecule has 0 saturated carbocycles. The number of primary amides is 1. The van der Waals surface area contributed by atoms with Crippen LogP contribution in [-0.2, 0) is 4.79 Å². The number of rotatable bonds is 4. The van der Waals surface area contributed by atoms with Crippen LogP contribution in [0.1, 0.15) is 0 Å². The highest BCUT2D eigenvalue weighted by Gasteiger charge is 2.15. The summed E-state index contributed by atoms with van der Waals surface area (Å²) in [5.41, 5.74) is 5.69. The molecule has 3 N–H and O–H groups in total. The Morgan fingerprint density at radius 2 is 2.17 bits per heavy atom. The SMILES string of the molecule is [C-]#[N+]/C(C(N)=O)=C(\Nc1cccc(Cl)c1)N(C)C. The van der Waals surface area contributed by atoms with Crippen molar-refractivity contribution in [1.29, 1.82) is 0 Å². The van der Waals surface area contributed by atoms with Gasteiger partial charge in [-0.1, -0.05) is 17.7 Å². The van der Waals surface area contributed by atoms with Crippen LogP contribution in [0, 0.1) is 6.57 Å². The van der Waals surface area contributed by atoms with E-state index in [0.29, 0.717) is 16.5 Å². The van der Waals surface area contributed by atoms with Crippen LogP contribution in [0.5, 0.6) is 0 Å². The topological polar surface area (TPSA) is 62.7 Å². The Morgan fingerprint density at radius 1 is 1.50 bits per heavy atom. The number of nitrogens with zero attached hydrogens (tertiary/aromatic N) is 2. The molecule has 0 aromatic heterocycles. The first-order valence-corrected chi connectivity index (χ1v) is 5.45. The molecule has 0 atom stereocenters. The third-order valence-corrected chi connectivity index (χ3v) is 2.34. The molecular weight excluding hydrogens is 252 g/mol. The van der Waals surface area contributed by atoms with E-state index in [9.17, 15) is 4.79 Å². The summed E-state index contributed by atoms with van der Waals surface area (Å²) >= 11 is 5.86. The molecule has 0 aliphatic rings. The first-order valence-electron chi connectivity index (χ1n) is 5.07. The van der Waals surface area contributed by atoms with Gasteiger partial charge in [0.05, 0.1) is 6.57 Å². The highest BCUT2D eigenvalue weighted by atomic mass is 35.5. The summed E-state index contributed by atoms with van der Waals surface area (Å²) in [6, 6.07) is 6.96. The van der Waals surface area contributed by atoms with Gasteiger partial charge < -0.3 is 16.0 Å². The first-order chi connectivity index (χ1) is 8.45. The van der Waals surface area contributed by atoms with Crippen LogP contribution in [0.15, 0.2) is 35.8 Å². The van der Waals surface area contributed by atoms with Gasteiger partial charge in [-0.15, -0.1) is 0 Å². The average molecular weight is 265 g/mol. The van der Waals surface area contributed by atoms with Crippen LogP contribution in [0.25, 0.3) is 4.85 Å². The summed E-state index contributed by atoms with van der Waals surface area (Å²) in [4.78, 5) is 15.9. The van der Waals surface area contributed by atoms with Gasteiger partial charge in [-0.05, 0) is 18.2 Å². The standard InChI is InChI=1S/C12H13ClN4O/c1-15-10(11(14)18)12(17(2)3)16-9-6-4-5-8(13)7-9/h4-7,16H,2-3H3,(H2,14,18)/b12-10+. The van der Waals surface area contributed by atoms with E-state index in [1.807, 2.05) is 0 Å². The number of carbonyl (C=O) groups excluding carboxylic acids is 1. The second-order valence-corrected chi connectivity index (χ2v) is 4.14. The predicted octanol–water partition coefficient (Wildman–Crippen LogP) is 1.89. The summed E-state index contributed by atoms with van der Waals surface area (Å²) in [5.74, 6) is -0.442. The number of nitrogens with two attached hydrogens (primary N) is 1. The smallest absolute Gasteiger partial charge is 0.288 e. The highest BCUT2D eigenvalue weighted by Crippen LogP contribution is 2.19. The lowest BCUT2D eigenvalue weighted by Gasteiger charge is -2.20. The van der Waals surface area contributed by atoms with E-state index in [0.717, 1.165) is 0 Å². The lowest BCUT2D eigenvalue weighted by Crippen LogP contribution is -2.25. The van der Waals surface area contributed by atoms with E-state index in [2.05, 4.69) is 10.2 Å². The molecule has 0 heterocycles. The molecule has 0 aliphatic carbocycles. The molecule has 1 aromatic carbocycles. The van der Waals surface area contributed by atoms with Crippen LogP contribution >= 0.6 is 11.6 Å². The van der Waals surface area contributed by atoms with Gasteiger partial charge in [-0.2, -0.15) is 0 Å². The molecule has 0 fully saturated rings. The maximum Gasteiger partial charge on any atom is 0.288 e. The van der Waals surface area contributed by atoms with E-state index in [1.54, 1.807) is 43.3 Å². The summed E-state index contributed by atoms with van der Waals surface area (Å²) in [7, 11) is 3.42. The van der Waals surface area contributed by atoms with Crippen molar-refractivity contribution in [2.75, 3.05) is 19.4 Å². The molecule has 0 unspecified atom stereocenters. The molecule has 1 rings (SSSR count). The average Bonchev–Trinajstić information content (AvgIpc) is 2.28. The van der Waals surface area contributed by atoms with Crippen LogP contribution in [0.2, 0.25) is 5.02 Å². The zero-order valence-electron chi connectivity index (χ0n) is 10.1. The minimum atomic E-state index is -0.775. The minimum absolute atomic E-state index is 0.153. The second-order valence-electron chi connectivity index (χ2n) is 3.70. The Morgan fingerprint density at radius 3 is 2.61 bits per heavy atom. The maximum absolute atomic E-state index is 11.2. The van der Waals surface area contributed by atoms with Gasteiger partial charge in [0.15, 0.2) is 0 Å². The van der Waals surface area contributed by atoms with Gasteiger partial charge in [0.25, 0.3) is 11.6 Å². The van der Waals surface area contributed by atoms with Gasteiger partial charge in [0.1, 0.15) is 5.82 Å². The molecule has 6 heteroatoms. The van der Waals surface area contributed by atoms with Gasteiger partial charge in [-0.3, -0.25) is 4.79 Å². The molecule has 0 radical (unpaired) electrons. The Kier molecular flexibility index (Phi) is 4.58. The fraction of sp³-hybridized carbons (Fsp3) is 0.167. The summed E-state index contributed by atoms with van der Waals surface area (Å²) in [6.45, 7) is 7.00. The fourth-order valence-electron chi connectivity index (χ4n) is 1.31. The van der Waals surface area contributed by atoms with Gasteiger partial charge >= 0.3 is 0 Å². The van der Waals surface area contributed by atoms with Gasteiger partial charge in [0.2, 0.25) is 0 Å². The third-order valence-electron chi connectivity index (χ3n) is 2.10. The van der Waals surface area contributed by atoms with Crippen molar-refractivity contribution in [2.45, 2.75) is 0 Å². The largest absolute Gasteiger partial charge is 0.375 e. The number of halogens is 1. The zero-order chi connectivity index (χ0) is 13.7. The number of benzene rings is 1. The van der Waals surface area contributed by atoms with Crippen molar-refractivity contribution >= 4 is 23.2 Å². The molecule has 0 saturated heterocycles. The van der Waals surface area contributed by atoms with Crippen molar-refractivity contribution in [1.82, 2.24) is 4.90 Å². The Bertz CT molecular complexity index is 531. The summed E-state index contributed by atoms with van der Waals surface area (Å²) in [5, 5.41) is 3.52. The molecule has 94 valence electrons. The van der Waals surface area contributed by atoms with Gasteiger partial charge in [-0.25, -0.2) is 4.85 Å². The maximum atomic E-state index is 11.2. The summed E-state index contributed by atoms with van der Waals surface area (Å²) < 4.78 is 0. The van der Waals surface area contributed by atoms with E-state index in [1.165, 1.54) is 0 Å². The number of carbonyl (C=O) groups is 1. The Hall–Kier alpha value is -2.19. The van der Waals surface area contributed by atoms with Crippen molar-refractivity contribution in [2.24, 2.45) is 5.73 Å².